The number of carbonyl (C=O) groups is 2. The lowest BCUT2D eigenvalue weighted by Crippen LogP contribution is -2.51. The van der Waals surface area contributed by atoms with Gasteiger partial charge >= 0.3 is 6.09 Å². The Morgan fingerprint density at radius 1 is 1.38 bits per heavy atom. The number of piperidine rings is 1. The van der Waals surface area contributed by atoms with Crippen LogP contribution < -0.4 is 10.1 Å². The SMILES string of the molecule is CC(C)(C)OC(=O)NC1CCCN(C(=O)COc2cccc(Cl)c2Br)C1. The molecule has 1 aliphatic heterocycles. The number of nitrogens with one attached hydrogen (secondary N) is 1. The van der Waals surface area contributed by atoms with Crippen LogP contribution in [0.3, 0.4) is 0 Å². The van der Waals surface area contributed by atoms with Gasteiger partial charge in [-0.05, 0) is 61.7 Å². The van der Waals surface area contributed by atoms with Crippen molar-refractivity contribution in [3.63, 3.8) is 0 Å². The van der Waals surface area contributed by atoms with Crippen LogP contribution in [0.2, 0.25) is 5.02 Å². The first-order valence-corrected chi connectivity index (χ1v) is 9.67. The van der Waals surface area contributed by atoms with Gasteiger partial charge in [-0.1, -0.05) is 17.7 Å². The average molecular weight is 448 g/mol. The van der Waals surface area contributed by atoms with E-state index < -0.39 is 11.7 Å². The second-order valence-electron chi connectivity index (χ2n) is 7.17. The van der Waals surface area contributed by atoms with Gasteiger partial charge in [0.15, 0.2) is 6.61 Å². The number of benzene rings is 1. The number of amides is 2. The molecule has 0 saturated carbocycles. The minimum absolute atomic E-state index is 0.0852. The van der Waals surface area contributed by atoms with Crippen molar-refractivity contribution in [3.8, 4) is 5.75 Å². The van der Waals surface area contributed by atoms with E-state index in [4.69, 9.17) is 21.1 Å². The number of halogens is 2. The third kappa shape index (κ3) is 6.36. The Hall–Kier alpha value is -1.47. The molecule has 0 aliphatic carbocycles. The molecule has 0 spiro atoms. The smallest absolute Gasteiger partial charge is 0.407 e. The predicted molar refractivity (Wildman–Crippen MR) is 104 cm³/mol. The summed E-state index contributed by atoms with van der Waals surface area (Å²) in [6, 6.07) is 5.11. The van der Waals surface area contributed by atoms with E-state index in [1.54, 1.807) is 23.1 Å². The Bertz CT molecular complexity index is 663. The van der Waals surface area contributed by atoms with Crippen molar-refractivity contribution in [3.05, 3.63) is 27.7 Å². The Labute approximate surface area is 167 Å². The summed E-state index contributed by atoms with van der Waals surface area (Å²) in [5.74, 6) is 0.388. The van der Waals surface area contributed by atoms with Gasteiger partial charge in [-0.25, -0.2) is 4.79 Å². The fraction of sp³-hybridized carbons (Fsp3) is 0.556. The summed E-state index contributed by atoms with van der Waals surface area (Å²) in [6.45, 7) is 6.44. The molecule has 8 heteroatoms. The van der Waals surface area contributed by atoms with Crippen LogP contribution >= 0.6 is 27.5 Å². The standard InChI is InChI=1S/C18H24BrClN2O4/c1-18(2,3)26-17(24)21-12-6-5-9-22(10-12)15(23)11-25-14-8-4-7-13(20)16(14)19/h4,7-8,12H,5-6,9-11H2,1-3H3,(H,21,24). The van der Waals surface area contributed by atoms with Crippen LogP contribution in [0.4, 0.5) is 4.79 Å². The molecule has 0 bridgehead atoms. The van der Waals surface area contributed by atoms with E-state index in [1.807, 2.05) is 20.8 Å². The summed E-state index contributed by atoms with van der Waals surface area (Å²) in [7, 11) is 0. The topological polar surface area (TPSA) is 67.9 Å². The maximum absolute atomic E-state index is 12.4. The highest BCUT2D eigenvalue weighted by atomic mass is 79.9. The monoisotopic (exact) mass is 446 g/mol. The first-order chi connectivity index (χ1) is 12.2. The number of carbonyl (C=O) groups excluding carboxylic acids is 2. The van der Waals surface area contributed by atoms with Crippen molar-refractivity contribution in [1.82, 2.24) is 10.2 Å². The Kier molecular flexibility index (Phi) is 7.17. The lowest BCUT2D eigenvalue weighted by Gasteiger charge is -2.33. The molecule has 144 valence electrons. The molecule has 0 aromatic heterocycles. The summed E-state index contributed by atoms with van der Waals surface area (Å²) in [4.78, 5) is 26.0. The number of alkyl carbamates (subject to hydrolysis) is 1. The number of hydrogen-bond donors (Lipinski definition) is 1. The lowest BCUT2D eigenvalue weighted by molar-refractivity contribution is -0.134. The van der Waals surface area contributed by atoms with Gasteiger partial charge < -0.3 is 19.7 Å². The molecule has 1 atom stereocenters. The van der Waals surface area contributed by atoms with E-state index in [9.17, 15) is 9.59 Å². The molecule has 1 aromatic carbocycles. The van der Waals surface area contributed by atoms with E-state index in [0.717, 1.165) is 12.8 Å². The summed E-state index contributed by atoms with van der Waals surface area (Å²) >= 11 is 9.36. The van der Waals surface area contributed by atoms with Crippen molar-refractivity contribution in [1.29, 1.82) is 0 Å². The molecule has 1 fully saturated rings. The van der Waals surface area contributed by atoms with Gasteiger partial charge in [0.25, 0.3) is 5.91 Å². The minimum Gasteiger partial charge on any atom is -0.483 e. The third-order valence-electron chi connectivity index (χ3n) is 3.76. The molecule has 1 aromatic rings. The van der Waals surface area contributed by atoms with Crippen molar-refractivity contribution in [2.45, 2.75) is 45.3 Å². The van der Waals surface area contributed by atoms with E-state index in [1.165, 1.54) is 0 Å². The van der Waals surface area contributed by atoms with Gasteiger partial charge in [0.05, 0.1) is 9.50 Å². The van der Waals surface area contributed by atoms with Crippen molar-refractivity contribution in [2.24, 2.45) is 0 Å². The molecule has 26 heavy (non-hydrogen) atoms. The van der Waals surface area contributed by atoms with Gasteiger partial charge in [0.2, 0.25) is 0 Å². The van der Waals surface area contributed by atoms with Crippen LogP contribution in [0.15, 0.2) is 22.7 Å². The lowest BCUT2D eigenvalue weighted by atomic mass is 10.1. The number of likely N-dealkylation sites (tertiary alicyclic amines) is 1. The summed E-state index contributed by atoms with van der Waals surface area (Å²) in [5.41, 5.74) is -0.549. The molecular formula is C18H24BrClN2O4. The molecule has 1 unspecified atom stereocenters. The summed E-state index contributed by atoms with van der Waals surface area (Å²) in [5, 5.41) is 3.35. The first-order valence-electron chi connectivity index (χ1n) is 8.50. The summed E-state index contributed by atoms with van der Waals surface area (Å²) < 4.78 is 11.5. The van der Waals surface area contributed by atoms with Crippen molar-refractivity contribution < 1.29 is 19.1 Å². The summed E-state index contributed by atoms with van der Waals surface area (Å²) in [6.07, 6.45) is 1.16. The quantitative estimate of drug-likeness (QED) is 0.757. The van der Waals surface area contributed by atoms with Crippen LogP contribution in [-0.2, 0) is 9.53 Å². The van der Waals surface area contributed by atoms with Crippen LogP contribution in [0.5, 0.6) is 5.75 Å². The molecular weight excluding hydrogens is 424 g/mol. The predicted octanol–water partition coefficient (Wildman–Crippen LogP) is 4.00. The number of rotatable bonds is 4. The molecule has 2 amide bonds. The first kappa shape index (κ1) is 20.8. The van der Waals surface area contributed by atoms with Crippen LogP contribution in [0.25, 0.3) is 0 Å². The zero-order valence-electron chi connectivity index (χ0n) is 15.2. The Morgan fingerprint density at radius 3 is 2.81 bits per heavy atom. The maximum Gasteiger partial charge on any atom is 0.407 e. The van der Waals surface area contributed by atoms with Crippen LogP contribution in [-0.4, -0.2) is 48.2 Å². The molecule has 2 rings (SSSR count). The average Bonchev–Trinajstić information content (AvgIpc) is 2.54. The fourth-order valence-corrected chi connectivity index (χ4v) is 3.17. The second-order valence-corrected chi connectivity index (χ2v) is 8.37. The van der Waals surface area contributed by atoms with E-state index in [-0.39, 0.29) is 18.6 Å². The molecule has 1 saturated heterocycles. The highest BCUT2D eigenvalue weighted by Crippen LogP contribution is 2.31. The van der Waals surface area contributed by atoms with E-state index in [0.29, 0.717) is 28.3 Å². The van der Waals surface area contributed by atoms with E-state index in [2.05, 4.69) is 21.2 Å². The third-order valence-corrected chi connectivity index (χ3v) is 5.12. The molecule has 6 nitrogen and oxygen atoms in total. The van der Waals surface area contributed by atoms with Crippen LogP contribution in [0.1, 0.15) is 33.6 Å². The largest absolute Gasteiger partial charge is 0.483 e. The Morgan fingerprint density at radius 2 is 2.12 bits per heavy atom. The highest BCUT2D eigenvalue weighted by Gasteiger charge is 2.26. The van der Waals surface area contributed by atoms with Gasteiger partial charge in [-0.2, -0.15) is 0 Å². The van der Waals surface area contributed by atoms with Gasteiger partial charge in [-0.3, -0.25) is 4.79 Å². The molecule has 0 radical (unpaired) electrons. The van der Waals surface area contributed by atoms with Crippen molar-refractivity contribution >= 4 is 39.5 Å². The number of ether oxygens (including phenoxy) is 2. The van der Waals surface area contributed by atoms with Gasteiger partial charge in [-0.15, -0.1) is 0 Å². The van der Waals surface area contributed by atoms with Crippen LogP contribution in [0, 0.1) is 0 Å². The zero-order chi connectivity index (χ0) is 19.3. The zero-order valence-corrected chi connectivity index (χ0v) is 17.5. The molecule has 1 N–H and O–H groups in total. The normalized spacial score (nSPS) is 17.6. The molecule has 1 aliphatic rings. The highest BCUT2D eigenvalue weighted by molar-refractivity contribution is 9.10. The number of nitrogens with zero attached hydrogens (tertiary/aromatic N) is 1. The Balaban J connectivity index is 1.85. The van der Waals surface area contributed by atoms with Crippen molar-refractivity contribution in [2.75, 3.05) is 19.7 Å². The second kappa shape index (κ2) is 8.95. The van der Waals surface area contributed by atoms with Gasteiger partial charge in [0, 0.05) is 19.1 Å². The van der Waals surface area contributed by atoms with E-state index >= 15 is 0 Å². The maximum atomic E-state index is 12.4. The number of hydrogen-bond acceptors (Lipinski definition) is 4. The minimum atomic E-state index is -0.549. The fourth-order valence-electron chi connectivity index (χ4n) is 2.62. The molecule has 1 heterocycles. The van der Waals surface area contributed by atoms with Gasteiger partial charge in [0.1, 0.15) is 11.4 Å².